The number of carbonyl (C=O) groups excluding carboxylic acids is 1. The van der Waals surface area contributed by atoms with Crippen molar-refractivity contribution < 1.29 is 19.4 Å². The molecule has 0 aromatic carbocycles. The molecule has 0 spiro atoms. The highest BCUT2D eigenvalue weighted by Crippen LogP contribution is 2.05. The van der Waals surface area contributed by atoms with Crippen LogP contribution in [0.15, 0.2) is 11.3 Å². The topological polar surface area (TPSA) is 75.6 Å². The van der Waals surface area contributed by atoms with Crippen LogP contribution in [-0.2, 0) is 9.53 Å². The first kappa shape index (κ1) is 14.5. The molecule has 5 nitrogen and oxygen atoms in total. The van der Waals surface area contributed by atoms with Gasteiger partial charge in [0, 0.05) is 5.70 Å². The number of carboxylic acid groups (broad SMARTS) is 1. The molecule has 5 heteroatoms. The van der Waals surface area contributed by atoms with Crippen LogP contribution in [0, 0.1) is 0 Å². The lowest BCUT2D eigenvalue weighted by Crippen LogP contribution is -2.26. The first-order chi connectivity index (χ1) is 7.52. The molecule has 0 atom stereocenters. The van der Waals surface area contributed by atoms with E-state index in [1.165, 1.54) is 6.92 Å². The summed E-state index contributed by atoms with van der Waals surface area (Å²) < 4.78 is 4.87. The van der Waals surface area contributed by atoms with Crippen LogP contribution in [0.4, 0.5) is 4.79 Å². The van der Waals surface area contributed by atoms with Crippen molar-refractivity contribution in [2.24, 2.45) is 0 Å². The van der Waals surface area contributed by atoms with Crippen LogP contribution in [0.2, 0.25) is 0 Å². The maximum atomic E-state index is 11.3. The van der Waals surface area contributed by atoms with Crippen LogP contribution in [0.3, 0.4) is 0 Å². The standard InChI is InChI=1S/C11H19NO4/c1-4-6-7-16-11(15)12-9(5-2)8(3)10(13)14/h4-7H2,1-3H3,(H,12,15)(H,13,14)/b9-8+. The lowest BCUT2D eigenvalue weighted by Gasteiger charge is -2.10. The van der Waals surface area contributed by atoms with E-state index in [2.05, 4.69) is 5.32 Å². The number of hydrogen-bond donors (Lipinski definition) is 2. The Morgan fingerprint density at radius 1 is 1.31 bits per heavy atom. The zero-order valence-corrected chi connectivity index (χ0v) is 10.0. The predicted octanol–water partition coefficient (Wildman–Crippen LogP) is 2.28. The number of nitrogens with one attached hydrogen (secondary N) is 1. The fourth-order valence-corrected chi connectivity index (χ4v) is 1.04. The van der Waals surface area contributed by atoms with E-state index in [1.54, 1.807) is 6.92 Å². The molecule has 0 fully saturated rings. The SMILES string of the molecule is CCCCOC(=O)N/C(CC)=C(\C)C(=O)O. The number of aliphatic carboxylic acids is 1. The number of rotatable bonds is 6. The molecule has 0 saturated heterocycles. The average molecular weight is 229 g/mol. The minimum absolute atomic E-state index is 0.134. The molecule has 0 aliphatic heterocycles. The van der Waals surface area contributed by atoms with E-state index in [1.807, 2.05) is 6.92 Å². The van der Waals surface area contributed by atoms with Crippen molar-refractivity contribution >= 4 is 12.1 Å². The van der Waals surface area contributed by atoms with Crippen LogP contribution in [0.5, 0.6) is 0 Å². The third-order valence-electron chi connectivity index (χ3n) is 2.11. The molecule has 0 aliphatic carbocycles. The number of ether oxygens (including phenoxy) is 1. The number of amides is 1. The highest BCUT2D eigenvalue weighted by Gasteiger charge is 2.11. The Morgan fingerprint density at radius 2 is 1.94 bits per heavy atom. The molecule has 2 N–H and O–H groups in total. The predicted molar refractivity (Wildman–Crippen MR) is 60.0 cm³/mol. The summed E-state index contributed by atoms with van der Waals surface area (Å²) >= 11 is 0. The molecule has 0 rings (SSSR count). The van der Waals surface area contributed by atoms with Gasteiger partial charge in [-0.3, -0.25) is 5.32 Å². The normalized spacial score (nSPS) is 11.7. The van der Waals surface area contributed by atoms with Crippen LogP contribution < -0.4 is 5.32 Å². The number of unbranched alkanes of at least 4 members (excludes halogenated alkanes) is 1. The number of carboxylic acids is 1. The lowest BCUT2D eigenvalue weighted by molar-refractivity contribution is -0.132. The minimum Gasteiger partial charge on any atom is -0.478 e. The van der Waals surface area contributed by atoms with Crippen LogP contribution in [0.1, 0.15) is 40.0 Å². The fraction of sp³-hybridized carbons (Fsp3) is 0.636. The first-order valence-corrected chi connectivity index (χ1v) is 5.39. The highest BCUT2D eigenvalue weighted by molar-refractivity contribution is 5.87. The molecule has 1 amide bonds. The van der Waals surface area contributed by atoms with Crippen molar-refractivity contribution in [2.75, 3.05) is 6.61 Å². The molecule has 0 bridgehead atoms. The average Bonchev–Trinajstić information content (AvgIpc) is 2.25. The Balaban J connectivity index is 4.28. The fourth-order valence-electron chi connectivity index (χ4n) is 1.04. The number of hydrogen-bond acceptors (Lipinski definition) is 3. The number of allylic oxidation sites excluding steroid dienone is 1. The van der Waals surface area contributed by atoms with E-state index in [4.69, 9.17) is 9.84 Å². The van der Waals surface area contributed by atoms with Crippen molar-refractivity contribution in [3.63, 3.8) is 0 Å². The summed E-state index contributed by atoms with van der Waals surface area (Å²) in [7, 11) is 0. The molecule has 0 heterocycles. The van der Waals surface area contributed by atoms with Gasteiger partial charge in [-0.05, 0) is 19.8 Å². The van der Waals surface area contributed by atoms with Gasteiger partial charge in [0.1, 0.15) is 0 Å². The highest BCUT2D eigenvalue weighted by atomic mass is 16.5. The molecule has 92 valence electrons. The van der Waals surface area contributed by atoms with E-state index in [-0.39, 0.29) is 5.57 Å². The van der Waals surface area contributed by atoms with Gasteiger partial charge in [-0.2, -0.15) is 0 Å². The Hall–Kier alpha value is -1.52. The molecule has 16 heavy (non-hydrogen) atoms. The van der Waals surface area contributed by atoms with Crippen LogP contribution in [0.25, 0.3) is 0 Å². The Labute approximate surface area is 95.5 Å². The van der Waals surface area contributed by atoms with Gasteiger partial charge >= 0.3 is 12.1 Å². The second kappa shape index (κ2) is 7.73. The van der Waals surface area contributed by atoms with Gasteiger partial charge in [0.25, 0.3) is 0 Å². The summed E-state index contributed by atoms with van der Waals surface area (Å²) in [5.41, 5.74) is 0.518. The van der Waals surface area contributed by atoms with E-state index in [0.29, 0.717) is 18.7 Å². The van der Waals surface area contributed by atoms with E-state index < -0.39 is 12.1 Å². The molecule has 0 saturated carbocycles. The molecule has 0 aromatic heterocycles. The first-order valence-electron chi connectivity index (χ1n) is 5.39. The molecular formula is C11H19NO4. The summed E-state index contributed by atoms with van der Waals surface area (Å²) in [5, 5.41) is 11.2. The molecular weight excluding hydrogens is 210 g/mol. The summed E-state index contributed by atoms with van der Waals surface area (Å²) in [6, 6.07) is 0. The maximum absolute atomic E-state index is 11.3. The quantitative estimate of drug-likeness (QED) is 0.541. The lowest BCUT2D eigenvalue weighted by atomic mass is 10.2. The van der Waals surface area contributed by atoms with Crippen molar-refractivity contribution in [2.45, 2.75) is 40.0 Å². The summed E-state index contributed by atoms with van der Waals surface area (Å²) in [6.45, 7) is 5.57. The van der Waals surface area contributed by atoms with Gasteiger partial charge in [0.2, 0.25) is 0 Å². The van der Waals surface area contributed by atoms with E-state index in [0.717, 1.165) is 12.8 Å². The number of alkyl carbamates (subject to hydrolysis) is 1. The summed E-state index contributed by atoms with van der Waals surface area (Å²) in [4.78, 5) is 21.9. The smallest absolute Gasteiger partial charge is 0.411 e. The molecule has 0 aromatic rings. The monoisotopic (exact) mass is 229 g/mol. The van der Waals surface area contributed by atoms with E-state index in [9.17, 15) is 9.59 Å². The second-order valence-corrected chi connectivity index (χ2v) is 3.38. The van der Waals surface area contributed by atoms with Crippen molar-refractivity contribution in [3.05, 3.63) is 11.3 Å². The van der Waals surface area contributed by atoms with Gasteiger partial charge in [-0.1, -0.05) is 20.3 Å². The van der Waals surface area contributed by atoms with Gasteiger partial charge in [-0.25, -0.2) is 9.59 Å². The zero-order chi connectivity index (χ0) is 12.6. The Kier molecular flexibility index (Phi) is 7.00. The van der Waals surface area contributed by atoms with Gasteiger partial charge < -0.3 is 9.84 Å². The van der Waals surface area contributed by atoms with Crippen molar-refractivity contribution in [1.29, 1.82) is 0 Å². The third-order valence-corrected chi connectivity index (χ3v) is 2.11. The zero-order valence-electron chi connectivity index (χ0n) is 10.0. The van der Waals surface area contributed by atoms with Crippen molar-refractivity contribution in [1.82, 2.24) is 5.32 Å². The van der Waals surface area contributed by atoms with Gasteiger partial charge in [0.05, 0.1) is 12.2 Å². The Bertz CT molecular complexity index is 284. The second-order valence-electron chi connectivity index (χ2n) is 3.38. The Morgan fingerprint density at radius 3 is 2.38 bits per heavy atom. The van der Waals surface area contributed by atoms with Gasteiger partial charge in [0.15, 0.2) is 0 Å². The maximum Gasteiger partial charge on any atom is 0.411 e. The van der Waals surface area contributed by atoms with Gasteiger partial charge in [-0.15, -0.1) is 0 Å². The van der Waals surface area contributed by atoms with Crippen LogP contribution >= 0.6 is 0 Å². The minimum atomic E-state index is -1.04. The third kappa shape index (κ3) is 5.38. The molecule has 0 radical (unpaired) electrons. The van der Waals surface area contributed by atoms with E-state index >= 15 is 0 Å². The molecule has 0 unspecified atom stereocenters. The van der Waals surface area contributed by atoms with Crippen LogP contribution in [-0.4, -0.2) is 23.8 Å². The van der Waals surface area contributed by atoms with Crippen molar-refractivity contribution in [3.8, 4) is 0 Å². The summed E-state index contributed by atoms with van der Waals surface area (Å²) in [6.07, 6.45) is 1.60. The molecule has 0 aliphatic rings. The largest absolute Gasteiger partial charge is 0.478 e. The summed E-state index contributed by atoms with van der Waals surface area (Å²) in [5.74, 6) is -1.04. The number of carbonyl (C=O) groups is 2.